The predicted molar refractivity (Wildman–Crippen MR) is 81.3 cm³/mol. The second-order valence-corrected chi connectivity index (χ2v) is 4.88. The van der Waals surface area contributed by atoms with E-state index < -0.39 is 4.92 Å². The van der Waals surface area contributed by atoms with Crippen LogP contribution in [0.1, 0.15) is 43.1 Å². The van der Waals surface area contributed by atoms with Gasteiger partial charge >= 0.3 is 5.69 Å². The summed E-state index contributed by atoms with van der Waals surface area (Å²) in [6, 6.07) is 6.63. The van der Waals surface area contributed by atoms with Gasteiger partial charge in [0, 0.05) is 6.42 Å². The van der Waals surface area contributed by atoms with E-state index in [1.165, 1.54) is 0 Å². The third-order valence-corrected chi connectivity index (χ3v) is 3.36. The molecular formula is C15H17N3O3. The van der Waals surface area contributed by atoms with Gasteiger partial charge in [-0.3, -0.25) is 14.9 Å². The van der Waals surface area contributed by atoms with Crippen molar-refractivity contribution in [2.45, 2.75) is 32.6 Å². The molecular weight excluding hydrogens is 270 g/mol. The van der Waals surface area contributed by atoms with Crippen LogP contribution in [0, 0.1) is 10.1 Å². The quantitative estimate of drug-likeness (QED) is 0.379. The number of nitrogens with zero attached hydrogens (tertiary/aromatic N) is 2. The van der Waals surface area contributed by atoms with Crippen LogP contribution in [0.2, 0.25) is 0 Å². The highest BCUT2D eigenvalue weighted by atomic mass is 16.6. The molecule has 6 heteroatoms. The van der Waals surface area contributed by atoms with Crippen molar-refractivity contribution >= 4 is 28.1 Å². The molecule has 1 aromatic heterocycles. The van der Waals surface area contributed by atoms with Crippen LogP contribution in [0.25, 0.3) is 10.9 Å². The van der Waals surface area contributed by atoms with Crippen LogP contribution in [0.3, 0.4) is 0 Å². The van der Waals surface area contributed by atoms with Crippen LogP contribution in [-0.4, -0.2) is 15.7 Å². The van der Waals surface area contributed by atoms with Crippen LogP contribution in [0.5, 0.6) is 0 Å². The number of ketones is 1. The number of rotatable bonds is 6. The lowest BCUT2D eigenvalue weighted by molar-refractivity contribution is -0.382. The van der Waals surface area contributed by atoms with Crippen molar-refractivity contribution < 1.29 is 9.72 Å². The van der Waals surface area contributed by atoms with Crippen molar-refractivity contribution in [2.24, 2.45) is 0 Å². The molecule has 1 heterocycles. The average molecular weight is 287 g/mol. The van der Waals surface area contributed by atoms with Crippen LogP contribution in [0.4, 0.5) is 11.4 Å². The van der Waals surface area contributed by atoms with E-state index in [9.17, 15) is 14.9 Å². The maximum absolute atomic E-state index is 12.2. The van der Waals surface area contributed by atoms with Crippen LogP contribution >= 0.6 is 0 Å². The molecule has 21 heavy (non-hydrogen) atoms. The Morgan fingerprint density at radius 2 is 2.05 bits per heavy atom. The number of carbonyl (C=O) groups is 1. The first-order chi connectivity index (χ1) is 10.1. The molecule has 0 fully saturated rings. The van der Waals surface area contributed by atoms with Gasteiger partial charge in [-0.1, -0.05) is 31.9 Å². The summed E-state index contributed by atoms with van der Waals surface area (Å²) in [6.45, 7) is 2.04. The van der Waals surface area contributed by atoms with E-state index in [4.69, 9.17) is 5.73 Å². The molecule has 1 aromatic carbocycles. The SMILES string of the molecule is CCCCCC(=O)c1nc2ccccc2c([N+](=O)[O-])c1N. The Kier molecular flexibility index (Phi) is 4.47. The normalized spacial score (nSPS) is 10.7. The number of anilines is 1. The number of nitrogen functional groups attached to an aromatic ring is 1. The van der Waals surface area contributed by atoms with Crippen molar-refractivity contribution in [1.29, 1.82) is 0 Å². The van der Waals surface area contributed by atoms with Crippen molar-refractivity contribution in [1.82, 2.24) is 4.98 Å². The maximum atomic E-state index is 12.2. The first kappa shape index (κ1) is 14.9. The van der Waals surface area contributed by atoms with Gasteiger partial charge < -0.3 is 5.73 Å². The van der Waals surface area contributed by atoms with Gasteiger partial charge in [-0.2, -0.15) is 0 Å². The molecule has 0 spiro atoms. The number of nitro groups is 1. The van der Waals surface area contributed by atoms with Gasteiger partial charge in [0.05, 0.1) is 15.8 Å². The highest BCUT2D eigenvalue weighted by Crippen LogP contribution is 2.33. The third-order valence-electron chi connectivity index (χ3n) is 3.36. The number of pyridine rings is 1. The van der Waals surface area contributed by atoms with Gasteiger partial charge in [0.25, 0.3) is 0 Å². The highest BCUT2D eigenvalue weighted by Gasteiger charge is 2.24. The Morgan fingerprint density at radius 3 is 2.71 bits per heavy atom. The molecule has 0 unspecified atom stereocenters. The molecule has 0 aliphatic carbocycles. The van der Waals surface area contributed by atoms with Crippen molar-refractivity contribution in [2.75, 3.05) is 5.73 Å². The zero-order chi connectivity index (χ0) is 15.4. The van der Waals surface area contributed by atoms with Crippen LogP contribution in [-0.2, 0) is 0 Å². The molecule has 0 saturated heterocycles. The van der Waals surface area contributed by atoms with E-state index in [1.54, 1.807) is 24.3 Å². The number of unbranched alkanes of at least 4 members (excludes halogenated alkanes) is 2. The lowest BCUT2D eigenvalue weighted by Crippen LogP contribution is -2.10. The number of fused-ring (bicyclic) bond motifs is 1. The molecule has 0 aliphatic rings. The highest BCUT2D eigenvalue weighted by molar-refractivity contribution is 6.06. The smallest absolute Gasteiger partial charge is 0.303 e. The Bertz CT molecular complexity index is 698. The minimum absolute atomic E-state index is 0.0107. The second-order valence-electron chi connectivity index (χ2n) is 4.88. The monoisotopic (exact) mass is 287 g/mol. The molecule has 110 valence electrons. The number of hydrogen-bond acceptors (Lipinski definition) is 5. The minimum atomic E-state index is -0.553. The van der Waals surface area contributed by atoms with E-state index >= 15 is 0 Å². The van der Waals surface area contributed by atoms with Crippen LogP contribution < -0.4 is 5.73 Å². The summed E-state index contributed by atoms with van der Waals surface area (Å²) in [5, 5.41) is 11.6. The summed E-state index contributed by atoms with van der Waals surface area (Å²) >= 11 is 0. The first-order valence-corrected chi connectivity index (χ1v) is 6.92. The predicted octanol–water partition coefficient (Wildman–Crippen LogP) is 3.49. The lowest BCUT2D eigenvalue weighted by atomic mass is 10.0. The lowest BCUT2D eigenvalue weighted by Gasteiger charge is -2.07. The number of benzene rings is 1. The van der Waals surface area contributed by atoms with E-state index in [0.29, 0.717) is 17.3 Å². The summed E-state index contributed by atoms with van der Waals surface area (Å²) in [4.78, 5) is 27.1. The Morgan fingerprint density at radius 1 is 1.33 bits per heavy atom. The molecule has 2 N–H and O–H groups in total. The summed E-state index contributed by atoms with van der Waals surface area (Å²) in [5.41, 5.74) is 5.88. The Labute approximate surface area is 122 Å². The summed E-state index contributed by atoms with van der Waals surface area (Å²) in [6.07, 6.45) is 2.97. The molecule has 0 radical (unpaired) electrons. The van der Waals surface area contributed by atoms with Gasteiger partial charge in [0.1, 0.15) is 11.4 Å². The Balaban J connectivity index is 2.52. The van der Waals surface area contributed by atoms with Gasteiger partial charge in [-0.05, 0) is 18.6 Å². The second kappa shape index (κ2) is 6.30. The molecule has 2 rings (SSSR count). The summed E-state index contributed by atoms with van der Waals surface area (Å²) in [5.74, 6) is -0.241. The maximum Gasteiger partial charge on any atom is 0.303 e. The van der Waals surface area contributed by atoms with Gasteiger partial charge in [-0.25, -0.2) is 4.98 Å². The van der Waals surface area contributed by atoms with E-state index in [2.05, 4.69) is 4.98 Å². The Hall–Kier alpha value is -2.50. The first-order valence-electron chi connectivity index (χ1n) is 6.92. The summed E-state index contributed by atoms with van der Waals surface area (Å²) < 4.78 is 0. The molecule has 0 amide bonds. The molecule has 6 nitrogen and oxygen atoms in total. The van der Waals surface area contributed by atoms with Gasteiger partial charge in [-0.15, -0.1) is 0 Å². The van der Waals surface area contributed by atoms with Crippen molar-refractivity contribution in [3.8, 4) is 0 Å². The van der Waals surface area contributed by atoms with E-state index in [1.807, 2.05) is 6.92 Å². The van der Waals surface area contributed by atoms with Crippen LogP contribution in [0.15, 0.2) is 24.3 Å². The number of aromatic nitrogens is 1. The fraction of sp³-hybridized carbons (Fsp3) is 0.333. The van der Waals surface area contributed by atoms with Crippen molar-refractivity contribution in [3.63, 3.8) is 0 Å². The minimum Gasteiger partial charge on any atom is -0.391 e. The number of nitrogens with two attached hydrogens (primary N) is 1. The molecule has 0 bridgehead atoms. The largest absolute Gasteiger partial charge is 0.391 e. The number of carbonyl (C=O) groups excluding carboxylic acids is 1. The molecule has 2 aromatic rings. The fourth-order valence-corrected chi connectivity index (χ4v) is 2.27. The third kappa shape index (κ3) is 2.99. The number of hydrogen-bond donors (Lipinski definition) is 1. The van der Waals surface area contributed by atoms with E-state index in [-0.39, 0.29) is 22.9 Å². The zero-order valence-corrected chi connectivity index (χ0v) is 11.8. The average Bonchev–Trinajstić information content (AvgIpc) is 2.46. The van der Waals surface area contributed by atoms with Gasteiger partial charge in [0.2, 0.25) is 0 Å². The van der Waals surface area contributed by atoms with Gasteiger partial charge in [0.15, 0.2) is 5.78 Å². The molecule has 0 saturated carbocycles. The van der Waals surface area contributed by atoms with Crippen molar-refractivity contribution in [3.05, 3.63) is 40.1 Å². The topological polar surface area (TPSA) is 99.1 Å². The fourth-order valence-electron chi connectivity index (χ4n) is 2.27. The molecule has 0 atom stereocenters. The number of para-hydroxylation sites is 1. The van der Waals surface area contributed by atoms with E-state index in [0.717, 1.165) is 19.3 Å². The zero-order valence-electron chi connectivity index (χ0n) is 11.8. The molecule has 0 aliphatic heterocycles. The summed E-state index contributed by atoms with van der Waals surface area (Å²) in [7, 11) is 0. The standard InChI is InChI=1S/C15H17N3O3/c1-2-3-4-9-12(19)14-13(16)15(18(20)21)10-7-5-6-8-11(10)17-14/h5-8H,2-4,9,16H2,1H3. The number of Topliss-reactive ketones (excluding diaryl/α,β-unsaturated/α-hetero) is 1.